The first kappa shape index (κ1) is 16.8. The van der Waals surface area contributed by atoms with Crippen LogP contribution >= 0.6 is 11.6 Å². The molecule has 1 unspecified atom stereocenters. The van der Waals surface area contributed by atoms with Crippen LogP contribution in [0.4, 0.5) is 0 Å². The highest BCUT2D eigenvalue weighted by Gasteiger charge is 2.32. The lowest BCUT2D eigenvalue weighted by Crippen LogP contribution is -2.43. The van der Waals surface area contributed by atoms with Crippen LogP contribution in [0.15, 0.2) is 24.3 Å². The van der Waals surface area contributed by atoms with E-state index in [0.717, 1.165) is 0 Å². The maximum Gasteiger partial charge on any atom is 0.253 e. The third-order valence-electron chi connectivity index (χ3n) is 3.67. The minimum Gasteiger partial charge on any atom is -0.343 e. The number of likely N-dealkylation sites (N-methyl/N-ethyl adjacent to an activating group) is 1. The molecule has 0 aliphatic carbocycles. The van der Waals surface area contributed by atoms with E-state index in [9.17, 15) is 18.0 Å². The Kier molecular flexibility index (Phi) is 5.08. The molecule has 0 bridgehead atoms. The number of rotatable bonds is 4. The molecule has 1 fully saturated rings. The van der Waals surface area contributed by atoms with Gasteiger partial charge < -0.3 is 10.2 Å². The Morgan fingerprint density at radius 2 is 2.05 bits per heavy atom. The van der Waals surface area contributed by atoms with Gasteiger partial charge in [-0.1, -0.05) is 23.7 Å². The van der Waals surface area contributed by atoms with Gasteiger partial charge in [0.25, 0.3) is 5.91 Å². The van der Waals surface area contributed by atoms with Crippen LogP contribution in [0.2, 0.25) is 5.02 Å². The molecule has 1 heterocycles. The number of amides is 2. The van der Waals surface area contributed by atoms with Crippen molar-refractivity contribution >= 4 is 33.3 Å². The second-order valence-electron chi connectivity index (χ2n) is 5.22. The Hall–Kier alpha value is -1.60. The fourth-order valence-corrected chi connectivity index (χ4v) is 4.30. The zero-order valence-corrected chi connectivity index (χ0v) is 13.7. The van der Waals surface area contributed by atoms with Gasteiger partial charge in [-0.3, -0.25) is 9.59 Å². The summed E-state index contributed by atoms with van der Waals surface area (Å²) in [5.74, 6) is -0.691. The van der Waals surface area contributed by atoms with Gasteiger partial charge >= 0.3 is 0 Å². The molecular weight excluding hydrogens is 328 g/mol. The molecule has 6 nitrogen and oxygen atoms in total. The fraction of sp³-hybridized carbons (Fsp3) is 0.429. The minimum absolute atomic E-state index is 0.0201. The zero-order valence-electron chi connectivity index (χ0n) is 12.1. The van der Waals surface area contributed by atoms with E-state index in [4.69, 9.17) is 11.6 Å². The second kappa shape index (κ2) is 6.66. The molecule has 0 spiro atoms. The van der Waals surface area contributed by atoms with Gasteiger partial charge in [0.05, 0.1) is 28.6 Å². The Labute approximate surface area is 134 Å². The van der Waals surface area contributed by atoms with Crippen molar-refractivity contribution in [3.8, 4) is 0 Å². The molecule has 0 saturated carbocycles. The number of carbonyl (C=O) groups excluding carboxylic acids is 2. The van der Waals surface area contributed by atoms with E-state index in [1.807, 2.05) is 0 Å². The SMILES string of the molecule is CN(C(=O)CNC(=O)c1ccccc1Cl)C1CCS(=O)(=O)C1. The summed E-state index contributed by atoms with van der Waals surface area (Å²) in [6.45, 7) is -0.197. The minimum atomic E-state index is -3.05. The van der Waals surface area contributed by atoms with E-state index < -0.39 is 15.7 Å². The van der Waals surface area contributed by atoms with Crippen LogP contribution in [-0.2, 0) is 14.6 Å². The van der Waals surface area contributed by atoms with Crippen molar-refractivity contribution in [1.29, 1.82) is 0 Å². The molecule has 2 rings (SSSR count). The lowest BCUT2D eigenvalue weighted by molar-refractivity contribution is -0.130. The molecule has 1 saturated heterocycles. The highest BCUT2D eigenvalue weighted by molar-refractivity contribution is 7.91. The van der Waals surface area contributed by atoms with Gasteiger partial charge in [0.1, 0.15) is 0 Å². The number of sulfone groups is 1. The third-order valence-corrected chi connectivity index (χ3v) is 5.75. The molecule has 8 heteroatoms. The number of halogens is 1. The lowest BCUT2D eigenvalue weighted by Gasteiger charge is -2.23. The number of carbonyl (C=O) groups is 2. The predicted octanol–water partition coefficient (Wildman–Crippen LogP) is 0.715. The molecule has 1 atom stereocenters. The molecule has 120 valence electrons. The summed E-state index contributed by atoms with van der Waals surface area (Å²) in [6, 6.07) is 6.22. The van der Waals surface area contributed by atoms with E-state index in [-0.39, 0.29) is 30.0 Å². The summed E-state index contributed by atoms with van der Waals surface area (Å²) in [6.07, 6.45) is 0.434. The number of nitrogens with one attached hydrogen (secondary N) is 1. The second-order valence-corrected chi connectivity index (χ2v) is 7.86. The van der Waals surface area contributed by atoms with Crippen molar-refractivity contribution in [2.24, 2.45) is 0 Å². The number of benzene rings is 1. The normalized spacial score (nSPS) is 19.6. The number of hydrogen-bond donors (Lipinski definition) is 1. The summed E-state index contributed by atoms with van der Waals surface area (Å²) < 4.78 is 22.9. The summed E-state index contributed by atoms with van der Waals surface area (Å²) in [4.78, 5) is 25.4. The Morgan fingerprint density at radius 1 is 1.36 bits per heavy atom. The Balaban J connectivity index is 1.90. The third kappa shape index (κ3) is 3.98. The van der Waals surface area contributed by atoms with Crippen molar-refractivity contribution < 1.29 is 18.0 Å². The van der Waals surface area contributed by atoms with Crippen molar-refractivity contribution in [2.75, 3.05) is 25.1 Å². The van der Waals surface area contributed by atoms with E-state index in [1.54, 1.807) is 31.3 Å². The molecule has 0 aromatic heterocycles. The summed E-state index contributed by atoms with van der Waals surface area (Å²) >= 11 is 5.91. The molecule has 1 aliphatic rings. The van der Waals surface area contributed by atoms with Gasteiger partial charge in [0.2, 0.25) is 5.91 Å². The van der Waals surface area contributed by atoms with Crippen LogP contribution < -0.4 is 5.32 Å². The molecule has 1 aliphatic heterocycles. The molecule has 0 radical (unpaired) electrons. The summed E-state index contributed by atoms with van der Waals surface area (Å²) in [5, 5.41) is 2.81. The van der Waals surface area contributed by atoms with E-state index >= 15 is 0 Å². The smallest absolute Gasteiger partial charge is 0.253 e. The van der Waals surface area contributed by atoms with Crippen molar-refractivity contribution in [3.05, 3.63) is 34.9 Å². The quantitative estimate of drug-likeness (QED) is 0.872. The maximum absolute atomic E-state index is 12.0. The van der Waals surface area contributed by atoms with Gasteiger partial charge in [0.15, 0.2) is 9.84 Å². The van der Waals surface area contributed by atoms with Crippen molar-refractivity contribution in [3.63, 3.8) is 0 Å². The first-order valence-corrected chi connectivity index (χ1v) is 8.99. The molecule has 1 aromatic carbocycles. The molecule has 22 heavy (non-hydrogen) atoms. The first-order valence-electron chi connectivity index (χ1n) is 6.79. The van der Waals surface area contributed by atoms with Crippen LogP contribution in [0.5, 0.6) is 0 Å². The standard InChI is InChI=1S/C14H17ClN2O4S/c1-17(10-6-7-22(20,21)9-10)13(18)8-16-14(19)11-4-2-3-5-12(11)15/h2-5,10H,6-9H2,1H3,(H,16,19). The molecule has 1 N–H and O–H groups in total. The number of hydrogen-bond acceptors (Lipinski definition) is 4. The Morgan fingerprint density at radius 3 is 2.64 bits per heavy atom. The van der Waals surface area contributed by atoms with Crippen LogP contribution in [0.25, 0.3) is 0 Å². The van der Waals surface area contributed by atoms with Crippen LogP contribution in [0, 0.1) is 0 Å². The number of nitrogens with zero attached hydrogens (tertiary/aromatic N) is 1. The van der Waals surface area contributed by atoms with Crippen molar-refractivity contribution in [1.82, 2.24) is 10.2 Å². The van der Waals surface area contributed by atoms with Gasteiger partial charge in [-0.05, 0) is 18.6 Å². The zero-order chi connectivity index (χ0) is 16.3. The molecular formula is C14H17ClN2O4S. The van der Waals surface area contributed by atoms with Crippen molar-refractivity contribution in [2.45, 2.75) is 12.5 Å². The lowest BCUT2D eigenvalue weighted by atomic mass is 10.2. The van der Waals surface area contributed by atoms with Gasteiger partial charge in [0, 0.05) is 13.1 Å². The molecule has 1 aromatic rings. The Bertz CT molecular complexity index is 690. The monoisotopic (exact) mass is 344 g/mol. The largest absolute Gasteiger partial charge is 0.343 e. The highest BCUT2D eigenvalue weighted by atomic mass is 35.5. The van der Waals surface area contributed by atoms with Crippen LogP contribution in [0.3, 0.4) is 0 Å². The van der Waals surface area contributed by atoms with Gasteiger partial charge in [-0.15, -0.1) is 0 Å². The average molecular weight is 345 g/mol. The van der Waals surface area contributed by atoms with Crippen LogP contribution in [0.1, 0.15) is 16.8 Å². The highest BCUT2D eigenvalue weighted by Crippen LogP contribution is 2.17. The fourth-order valence-electron chi connectivity index (χ4n) is 2.31. The first-order chi connectivity index (χ1) is 10.3. The molecule has 2 amide bonds. The van der Waals surface area contributed by atoms with E-state index in [0.29, 0.717) is 17.0 Å². The maximum atomic E-state index is 12.0. The van der Waals surface area contributed by atoms with E-state index in [2.05, 4.69) is 5.32 Å². The summed E-state index contributed by atoms with van der Waals surface area (Å²) in [5.41, 5.74) is 0.295. The van der Waals surface area contributed by atoms with Crippen LogP contribution in [-0.4, -0.2) is 56.3 Å². The van der Waals surface area contributed by atoms with Gasteiger partial charge in [-0.25, -0.2) is 8.42 Å². The topological polar surface area (TPSA) is 83.6 Å². The summed E-state index contributed by atoms with van der Waals surface area (Å²) in [7, 11) is -1.50. The predicted molar refractivity (Wildman–Crippen MR) is 83.6 cm³/mol. The van der Waals surface area contributed by atoms with Gasteiger partial charge in [-0.2, -0.15) is 0 Å². The average Bonchev–Trinajstić information content (AvgIpc) is 2.84. The van der Waals surface area contributed by atoms with E-state index in [1.165, 1.54) is 4.90 Å².